The first-order chi connectivity index (χ1) is 12.1. The van der Waals surface area contributed by atoms with Crippen molar-refractivity contribution in [3.05, 3.63) is 59.1 Å². The molecule has 2 aromatic rings. The van der Waals surface area contributed by atoms with Crippen molar-refractivity contribution in [3.63, 3.8) is 0 Å². The van der Waals surface area contributed by atoms with E-state index in [9.17, 15) is 9.59 Å². The Morgan fingerprint density at radius 3 is 2.64 bits per heavy atom. The molecule has 0 bridgehead atoms. The zero-order chi connectivity index (χ0) is 17.6. The van der Waals surface area contributed by atoms with Crippen LogP contribution in [0.3, 0.4) is 0 Å². The highest BCUT2D eigenvalue weighted by atomic mass is 35.5. The van der Waals surface area contributed by atoms with Crippen molar-refractivity contribution in [2.45, 2.75) is 25.4 Å². The molecule has 0 saturated heterocycles. The van der Waals surface area contributed by atoms with Crippen molar-refractivity contribution >= 4 is 29.1 Å². The van der Waals surface area contributed by atoms with E-state index in [0.29, 0.717) is 36.5 Å². The number of rotatable bonds is 6. The molecule has 0 spiro atoms. The summed E-state index contributed by atoms with van der Waals surface area (Å²) in [4.78, 5) is 24.0. The molecule has 1 atom stereocenters. The molecule has 25 heavy (non-hydrogen) atoms. The molecule has 0 aliphatic carbocycles. The fourth-order valence-electron chi connectivity index (χ4n) is 2.66. The van der Waals surface area contributed by atoms with Gasteiger partial charge in [0, 0.05) is 30.1 Å². The van der Waals surface area contributed by atoms with Crippen LogP contribution in [-0.4, -0.2) is 24.5 Å². The summed E-state index contributed by atoms with van der Waals surface area (Å²) in [5.41, 5.74) is 1.75. The molecule has 0 radical (unpaired) electrons. The molecule has 0 fully saturated rings. The zero-order valence-electron chi connectivity index (χ0n) is 13.6. The predicted octanol–water partition coefficient (Wildman–Crippen LogP) is 3.18. The number of amides is 2. The SMILES string of the molecule is O=C(CCCNC(=O)C1Cc2ccccc2O1)Nc1ccc(Cl)cc1. The molecule has 6 heteroatoms. The third-order valence-corrected chi connectivity index (χ3v) is 4.20. The number of carbonyl (C=O) groups excluding carboxylic acids is 2. The molecular weight excluding hydrogens is 340 g/mol. The van der Waals surface area contributed by atoms with Gasteiger partial charge in [-0.05, 0) is 42.3 Å². The lowest BCUT2D eigenvalue weighted by Gasteiger charge is -2.11. The van der Waals surface area contributed by atoms with Crippen molar-refractivity contribution in [3.8, 4) is 5.75 Å². The number of hydrogen-bond acceptors (Lipinski definition) is 3. The van der Waals surface area contributed by atoms with Gasteiger partial charge in [-0.3, -0.25) is 9.59 Å². The van der Waals surface area contributed by atoms with Crippen molar-refractivity contribution in [1.29, 1.82) is 0 Å². The number of anilines is 1. The molecule has 5 nitrogen and oxygen atoms in total. The number of para-hydroxylation sites is 1. The number of nitrogens with one attached hydrogen (secondary N) is 2. The Morgan fingerprint density at radius 2 is 1.88 bits per heavy atom. The van der Waals surface area contributed by atoms with E-state index in [1.165, 1.54) is 0 Å². The van der Waals surface area contributed by atoms with Gasteiger partial charge in [-0.25, -0.2) is 0 Å². The van der Waals surface area contributed by atoms with Crippen LogP contribution in [0.5, 0.6) is 5.75 Å². The van der Waals surface area contributed by atoms with Gasteiger partial charge in [0.15, 0.2) is 6.10 Å². The van der Waals surface area contributed by atoms with Crippen LogP contribution in [0.25, 0.3) is 0 Å². The minimum Gasteiger partial charge on any atom is -0.480 e. The highest BCUT2D eigenvalue weighted by Gasteiger charge is 2.28. The number of halogens is 1. The van der Waals surface area contributed by atoms with Gasteiger partial charge in [0.2, 0.25) is 5.91 Å². The molecule has 2 amide bonds. The van der Waals surface area contributed by atoms with Crippen molar-refractivity contribution in [2.24, 2.45) is 0 Å². The quantitative estimate of drug-likeness (QED) is 0.779. The minimum absolute atomic E-state index is 0.0962. The fraction of sp³-hybridized carbons (Fsp3) is 0.263. The molecule has 0 saturated carbocycles. The average Bonchev–Trinajstić information content (AvgIpc) is 3.05. The summed E-state index contributed by atoms with van der Waals surface area (Å²) in [6, 6.07) is 14.6. The second-order valence-corrected chi connectivity index (χ2v) is 6.30. The average molecular weight is 359 g/mol. The van der Waals surface area contributed by atoms with Crippen LogP contribution in [0.1, 0.15) is 18.4 Å². The summed E-state index contributed by atoms with van der Waals surface area (Å²) in [6.07, 6.45) is 0.985. The zero-order valence-corrected chi connectivity index (χ0v) is 14.4. The van der Waals surface area contributed by atoms with Crippen LogP contribution >= 0.6 is 11.6 Å². The van der Waals surface area contributed by atoms with Gasteiger partial charge in [0.05, 0.1) is 0 Å². The van der Waals surface area contributed by atoms with E-state index in [-0.39, 0.29) is 11.8 Å². The summed E-state index contributed by atoms with van der Waals surface area (Å²) in [5, 5.41) is 6.24. The summed E-state index contributed by atoms with van der Waals surface area (Å²) in [5.74, 6) is 0.528. The maximum absolute atomic E-state index is 12.1. The van der Waals surface area contributed by atoms with E-state index in [2.05, 4.69) is 10.6 Å². The van der Waals surface area contributed by atoms with Crippen molar-refractivity contribution in [1.82, 2.24) is 5.32 Å². The third kappa shape index (κ3) is 4.73. The van der Waals surface area contributed by atoms with Crippen molar-refractivity contribution < 1.29 is 14.3 Å². The standard InChI is InChI=1S/C19H19ClN2O3/c20-14-7-9-15(10-8-14)22-18(23)6-3-11-21-19(24)17-12-13-4-1-2-5-16(13)25-17/h1-2,4-5,7-10,17H,3,6,11-12H2,(H,21,24)(H,22,23). The van der Waals surface area contributed by atoms with Crippen LogP contribution in [0.15, 0.2) is 48.5 Å². The first kappa shape index (κ1) is 17.3. The Bertz CT molecular complexity index is 737. The molecule has 1 aliphatic rings. The monoisotopic (exact) mass is 358 g/mol. The lowest BCUT2D eigenvalue weighted by Crippen LogP contribution is -2.38. The van der Waals surface area contributed by atoms with Gasteiger partial charge < -0.3 is 15.4 Å². The molecule has 1 aliphatic heterocycles. The van der Waals surface area contributed by atoms with Crippen LogP contribution in [0.2, 0.25) is 5.02 Å². The molecule has 0 aromatic heterocycles. The first-order valence-corrected chi connectivity index (χ1v) is 8.57. The third-order valence-electron chi connectivity index (χ3n) is 3.95. The van der Waals surface area contributed by atoms with Gasteiger partial charge in [-0.1, -0.05) is 29.8 Å². The van der Waals surface area contributed by atoms with E-state index < -0.39 is 6.10 Å². The second kappa shape index (κ2) is 8.03. The first-order valence-electron chi connectivity index (χ1n) is 8.19. The lowest BCUT2D eigenvalue weighted by molar-refractivity contribution is -0.127. The van der Waals surface area contributed by atoms with E-state index >= 15 is 0 Å². The van der Waals surface area contributed by atoms with Gasteiger partial charge in [-0.15, -0.1) is 0 Å². The summed E-state index contributed by atoms with van der Waals surface area (Å²) in [7, 11) is 0. The highest BCUT2D eigenvalue weighted by molar-refractivity contribution is 6.30. The molecule has 1 unspecified atom stereocenters. The molecule has 130 valence electrons. The van der Waals surface area contributed by atoms with Crippen LogP contribution in [-0.2, 0) is 16.0 Å². The van der Waals surface area contributed by atoms with E-state index in [1.54, 1.807) is 24.3 Å². The number of benzene rings is 2. The predicted molar refractivity (Wildman–Crippen MR) is 96.9 cm³/mol. The lowest BCUT2D eigenvalue weighted by atomic mass is 10.1. The second-order valence-electron chi connectivity index (χ2n) is 5.87. The Labute approximate surface area is 151 Å². The maximum atomic E-state index is 12.1. The molecule has 2 aromatic carbocycles. The van der Waals surface area contributed by atoms with Gasteiger partial charge in [-0.2, -0.15) is 0 Å². The minimum atomic E-state index is -0.486. The topological polar surface area (TPSA) is 67.4 Å². The van der Waals surface area contributed by atoms with Crippen LogP contribution < -0.4 is 15.4 Å². The molecule has 3 rings (SSSR count). The summed E-state index contributed by atoms with van der Waals surface area (Å²) < 4.78 is 5.63. The van der Waals surface area contributed by atoms with Gasteiger partial charge >= 0.3 is 0 Å². The number of fused-ring (bicyclic) bond motifs is 1. The Hall–Kier alpha value is -2.53. The van der Waals surface area contributed by atoms with E-state index in [4.69, 9.17) is 16.3 Å². The normalized spacial score (nSPS) is 15.2. The van der Waals surface area contributed by atoms with E-state index in [0.717, 1.165) is 11.3 Å². The van der Waals surface area contributed by atoms with Crippen LogP contribution in [0.4, 0.5) is 5.69 Å². The van der Waals surface area contributed by atoms with Crippen molar-refractivity contribution in [2.75, 3.05) is 11.9 Å². The number of ether oxygens (including phenoxy) is 1. The van der Waals surface area contributed by atoms with Gasteiger partial charge in [0.25, 0.3) is 5.91 Å². The maximum Gasteiger partial charge on any atom is 0.261 e. The summed E-state index contributed by atoms with van der Waals surface area (Å²) in [6.45, 7) is 0.434. The van der Waals surface area contributed by atoms with Crippen LogP contribution in [0, 0.1) is 0 Å². The molecule has 1 heterocycles. The number of carbonyl (C=O) groups is 2. The Morgan fingerprint density at radius 1 is 1.12 bits per heavy atom. The van der Waals surface area contributed by atoms with Gasteiger partial charge in [0.1, 0.15) is 5.75 Å². The fourth-order valence-corrected chi connectivity index (χ4v) is 2.79. The number of hydrogen-bond donors (Lipinski definition) is 2. The van der Waals surface area contributed by atoms with E-state index in [1.807, 2.05) is 24.3 Å². The highest BCUT2D eigenvalue weighted by Crippen LogP contribution is 2.28. The molecule has 2 N–H and O–H groups in total. The molecular formula is C19H19ClN2O3. The summed E-state index contributed by atoms with van der Waals surface area (Å²) >= 11 is 5.80. The Balaban J connectivity index is 1.35. The smallest absolute Gasteiger partial charge is 0.261 e. The Kier molecular flexibility index (Phi) is 5.56. The largest absolute Gasteiger partial charge is 0.480 e.